The largest absolute Gasteiger partial charge is 0.478 e. The molecule has 0 aliphatic heterocycles. The van der Waals surface area contributed by atoms with Gasteiger partial charge in [0.25, 0.3) is 0 Å². The molecule has 1 unspecified atom stereocenters. The second-order valence-electron chi connectivity index (χ2n) is 3.84. The molecule has 0 heterocycles. The number of hydrogen-bond donors (Lipinski definition) is 1. The van der Waals surface area contributed by atoms with Gasteiger partial charge in [-0.25, -0.2) is 4.79 Å². The van der Waals surface area contributed by atoms with E-state index in [4.69, 9.17) is 5.11 Å². The minimum atomic E-state index is -0.931. The van der Waals surface area contributed by atoms with Crippen molar-refractivity contribution in [2.24, 2.45) is 0 Å². The van der Waals surface area contributed by atoms with Crippen LogP contribution in [0.25, 0.3) is 0 Å². The predicted molar refractivity (Wildman–Crippen MR) is 55.0 cm³/mol. The van der Waals surface area contributed by atoms with Crippen LogP contribution in [-0.2, 0) is 4.79 Å². The Morgan fingerprint density at radius 3 is 2.40 bits per heavy atom. The molecule has 78 valence electrons. The second-order valence-corrected chi connectivity index (χ2v) is 3.84. The Bertz CT molecular complexity index is 392. The monoisotopic (exact) mass is 204 g/mol. The molecule has 3 heteroatoms. The van der Waals surface area contributed by atoms with Crippen molar-refractivity contribution in [1.29, 1.82) is 0 Å². The van der Waals surface area contributed by atoms with Crippen molar-refractivity contribution in [3.05, 3.63) is 35.4 Å². The van der Waals surface area contributed by atoms with Gasteiger partial charge in [0, 0.05) is 12.3 Å². The fraction of sp³-hybridized carbons (Fsp3) is 0.333. The first-order chi connectivity index (χ1) is 7.18. The third-order valence-corrected chi connectivity index (χ3v) is 2.86. The van der Waals surface area contributed by atoms with Gasteiger partial charge in [0.1, 0.15) is 5.78 Å². The highest BCUT2D eigenvalue weighted by molar-refractivity contribution is 5.89. The Hall–Kier alpha value is -1.64. The molecule has 2 rings (SSSR count). The van der Waals surface area contributed by atoms with Gasteiger partial charge in [-0.15, -0.1) is 0 Å². The Balaban J connectivity index is 2.23. The third kappa shape index (κ3) is 1.91. The first-order valence-corrected chi connectivity index (χ1v) is 5.04. The van der Waals surface area contributed by atoms with Gasteiger partial charge in [-0.2, -0.15) is 0 Å². The quantitative estimate of drug-likeness (QED) is 0.803. The number of hydrogen-bond acceptors (Lipinski definition) is 2. The molecular formula is C12H12O3. The molecule has 1 N–H and O–H groups in total. The standard InChI is InChI=1S/C12H12O3/c13-11-3-1-2-10(11)8-4-6-9(7-5-8)12(14)15/h4-7,10H,1-3H2,(H,14,15). The van der Waals surface area contributed by atoms with Gasteiger partial charge in [0.15, 0.2) is 0 Å². The highest BCUT2D eigenvalue weighted by Crippen LogP contribution is 2.31. The average molecular weight is 204 g/mol. The number of aromatic carboxylic acids is 1. The van der Waals surface area contributed by atoms with Crippen molar-refractivity contribution < 1.29 is 14.7 Å². The molecule has 0 aromatic heterocycles. The van der Waals surface area contributed by atoms with Crippen LogP contribution in [0.2, 0.25) is 0 Å². The van der Waals surface area contributed by atoms with E-state index < -0.39 is 5.97 Å². The summed E-state index contributed by atoms with van der Waals surface area (Å²) in [6.45, 7) is 0. The van der Waals surface area contributed by atoms with Crippen LogP contribution in [-0.4, -0.2) is 16.9 Å². The van der Waals surface area contributed by atoms with Crippen molar-refractivity contribution in [3.63, 3.8) is 0 Å². The Morgan fingerprint density at radius 1 is 1.27 bits per heavy atom. The second kappa shape index (κ2) is 3.85. The average Bonchev–Trinajstić information content (AvgIpc) is 2.65. The molecule has 0 bridgehead atoms. The van der Waals surface area contributed by atoms with E-state index in [0.717, 1.165) is 18.4 Å². The lowest BCUT2D eigenvalue weighted by Gasteiger charge is -2.07. The van der Waals surface area contributed by atoms with E-state index in [-0.39, 0.29) is 17.3 Å². The van der Waals surface area contributed by atoms with Crippen LogP contribution in [0.15, 0.2) is 24.3 Å². The van der Waals surface area contributed by atoms with Crippen molar-refractivity contribution in [2.75, 3.05) is 0 Å². The summed E-state index contributed by atoms with van der Waals surface area (Å²) in [5, 5.41) is 8.73. The Morgan fingerprint density at radius 2 is 1.93 bits per heavy atom. The molecule has 1 saturated carbocycles. The lowest BCUT2D eigenvalue weighted by Crippen LogP contribution is -2.04. The van der Waals surface area contributed by atoms with Crippen LogP contribution in [0, 0.1) is 0 Å². The highest BCUT2D eigenvalue weighted by Gasteiger charge is 2.25. The van der Waals surface area contributed by atoms with Crippen LogP contribution >= 0.6 is 0 Å². The third-order valence-electron chi connectivity index (χ3n) is 2.86. The fourth-order valence-corrected chi connectivity index (χ4v) is 2.03. The number of Topliss-reactive ketones (excluding diaryl/α,β-unsaturated/α-hetero) is 1. The molecule has 1 aromatic carbocycles. The summed E-state index contributed by atoms with van der Waals surface area (Å²) in [5.41, 5.74) is 1.21. The van der Waals surface area contributed by atoms with Crippen LogP contribution in [0.4, 0.5) is 0 Å². The molecule has 0 spiro atoms. The van der Waals surface area contributed by atoms with Crippen LogP contribution < -0.4 is 0 Å². The number of carbonyl (C=O) groups excluding carboxylic acids is 1. The molecule has 15 heavy (non-hydrogen) atoms. The fourth-order valence-electron chi connectivity index (χ4n) is 2.03. The van der Waals surface area contributed by atoms with Crippen LogP contribution in [0.5, 0.6) is 0 Å². The molecule has 3 nitrogen and oxygen atoms in total. The summed E-state index contributed by atoms with van der Waals surface area (Å²) in [5.74, 6) is -0.662. The number of rotatable bonds is 2. The predicted octanol–water partition coefficient (Wildman–Crippen LogP) is 2.22. The van der Waals surface area contributed by atoms with Gasteiger partial charge >= 0.3 is 5.97 Å². The Kier molecular flexibility index (Phi) is 2.54. The molecule has 0 radical (unpaired) electrons. The molecular weight excluding hydrogens is 192 g/mol. The van der Waals surface area contributed by atoms with E-state index in [9.17, 15) is 9.59 Å². The van der Waals surface area contributed by atoms with E-state index in [2.05, 4.69) is 0 Å². The first-order valence-electron chi connectivity index (χ1n) is 5.04. The van der Waals surface area contributed by atoms with Crippen molar-refractivity contribution >= 4 is 11.8 Å². The molecule has 1 fully saturated rings. The summed E-state index contributed by atoms with van der Waals surface area (Å²) in [6.07, 6.45) is 2.50. The number of carboxylic acids is 1. The number of carboxylic acid groups (broad SMARTS) is 1. The van der Waals surface area contributed by atoms with Gasteiger partial charge in [-0.05, 0) is 30.5 Å². The summed E-state index contributed by atoms with van der Waals surface area (Å²) < 4.78 is 0. The minimum Gasteiger partial charge on any atom is -0.478 e. The summed E-state index contributed by atoms with van der Waals surface area (Å²) in [4.78, 5) is 22.1. The molecule has 1 aromatic rings. The molecule has 1 atom stereocenters. The minimum absolute atomic E-state index is 0.00663. The van der Waals surface area contributed by atoms with E-state index in [1.165, 1.54) is 0 Å². The maximum Gasteiger partial charge on any atom is 0.335 e. The summed E-state index contributed by atoms with van der Waals surface area (Å²) >= 11 is 0. The number of ketones is 1. The maximum atomic E-state index is 11.5. The SMILES string of the molecule is O=C(O)c1ccc(C2CCCC2=O)cc1. The van der Waals surface area contributed by atoms with Crippen molar-refractivity contribution in [1.82, 2.24) is 0 Å². The van der Waals surface area contributed by atoms with Gasteiger partial charge in [0.2, 0.25) is 0 Å². The normalized spacial score (nSPS) is 20.5. The molecule has 0 amide bonds. The lowest BCUT2D eigenvalue weighted by atomic mass is 9.96. The van der Waals surface area contributed by atoms with Crippen LogP contribution in [0.3, 0.4) is 0 Å². The highest BCUT2D eigenvalue weighted by atomic mass is 16.4. The van der Waals surface area contributed by atoms with Gasteiger partial charge in [-0.1, -0.05) is 12.1 Å². The number of carbonyl (C=O) groups is 2. The first kappa shape index (κ1) is 9.90. The zero-order chi connectivity index (χ0) is 10.8. The van der Waals surface area contributed by atoms with Gasteiger partial charge < -0.3 is 5.11 Å². The zero-order valence-electron chi connectivity index (χ0n) is 8.27. The number of benzene rings is 1. The summed E-state index contributed by atoms with van der Waals surface area (Å²) in [7, 11) is 0. The topological polar surface area (TPSA) is 54.4 Å². The van der Waals surface area contributed by atoms with E-state index >= 15 is 0 Å². The molecule has 0 saturated heterocycles. The Labute approximate surface area is 87.7 Å². The smallest absolute Gasteiger partial charge is 0.335 e. The van der Waals surface area contributed by atoms with E-state index in [0.29, 0.717) is 6.42 Å². The van der Waals surface area contributed by atoms with Crippen molar-refractivity contribution in [2.45, 2.75) is 25.2 Å². The molecule has 1 aliphatic rings. The van der Waals surface area contributed by atoms with Crippen LogP contribution in [0.1, 0.15) is 41.1 Å². The lowest BCUT2D eigenvalue weighted by molar-refractivity contribution is -0.118. The summed E-state index contributed by atoms with van der Waals surface area (Å²) in [6, 6.07) is 6.61. The van der Waals surface area contributed by atoms with Gasteiger partial charge in [-0.3, -0.25) is 4.79 Å². The molecule has 1 aliphatic carbocycles. The van der Waals surface area contributed by atoms with E-state index in [1.54, 1.807) is 24.3 Å². The van der Waals surface area contributed by atoms with Gasteiger partial charge in [0.05, 0.1) is 5.56 Å². The van der Waals surface area contributed by atoms with Crippen molar-refractivity contribution in [3.8, 4) is 0 Å². The maximum absolute atomic E-state index is 11.5. The van der Waals surface area contributed by atoms with E-state index in [1.807, 2.05) is 0 Å². The zero-order valence-corrected chi connectivity index (χ0v) is 8.27.